The first-order valence-corrected chi connectivity index (χ1v) is 9.83. The summed E-state index contributed by atoms with van der Waals surface area (Å²) in [5.74, 6) is -0.472. The molecule has 7 heteroatoms. The molecule has 1 aromatic heterocycles. The van der Waals surface area contributed by atoms with Gasteiger partial charge in [-0.2, -0.15) is 0 Å². The number of unbranched alkanes of at least 4 members (excludes halogenated alkanes) is 1. The lowest BCUT2D eigenvalue weighted by Crippen LogP contribution is -2.26. The van der Waals surface area contributed by atoms with E-state index in [1.165, 1.54) is 24.8 Å². The standard InChI is InChI=1S/C23H26N2O5/c1-25(15-16-8-4-3-5-9-16)11-7-6-10-24-23(28)21-14-19(27)22-18(26)12-17(29-2)13-20(22)30-21/h3-5,8-9,12-14,26H,6-7,10-11,15H2,1-2H3,(H,24,28). The summed E-state index contributed by atoms with van der Waals surface area (Å²) < 4.78 is 10.6. The van der Waals surface area contributed by atoms with Gasteiger partial charge in [-0.1, -0.05) is 30.3 Å². The maximum absolute atomic E-state index is 12.4. The first-order chi connectivity index (χ1) is 14.5. The summed E-state index contributed by atoms with van der Waals surface area (Å²) in [7, 11) is 3.51. The van der Waals surface area contributed by atoms with Gasteiger partial charge in [-0.05, 0) is 32.0 Å². The summed E-state index contributed by atoms with van der Waals surface area (Å²) in [6.07, 6.45) is 1.73. The molecule has 7 nitrogen and oxygen atoms in total. The lowest BCUT2D eigenvalue weighted by molar-refractivity contribution is 0.0925. The SMILES string of the molecule is COc1cc(O)c2c(=O)cc(C(=O)NCCCCN(C)Cc3ccccc3)oc2c1. The van der Waals surface area contributed by atoms with E-state index in [0.717, 1.165) is 32.0 Å². The summed E-state index contributed by atoms with van der Waals surface area (Å²) in [5.41, 5.74) is 0.887. The molecule has 30 heavy (non-hydrogen) atoms. The van der Waals surface area contributed by atoms with Crippen LogP contribution >= 0.6 is 0 Å². The van der Waals surface area contributed by atoms with Gasteiger partial charge in [0.25, 0.3) is 5.91 Å². The van der Waals surface area contributed by atoms with Crippen LogP contribution in [0.5, 0.6) is 11.5 Å². The lowest BCUT2D eigenvalue weighted by Gasteiger charge is -2.16. The van der Waals surface area contributed by atoms with E-state index < -0.39 is 11.3 Å². The van der Waals surface area contributed by atoms with Crippen molar-refractivity contribution in [3.8, 4) is 11.5 Å². The number of amides is 1. The van der Waals surface area contributed by atoms with Crippen molar-refractivity contribution in [2.24, 2.45) is 0 Å². The third-order valence-electron chi connectivity index (χ3n) is 4.79. The van der Waals surface area contributed by atoms with Crippen molar-refractivity contribution in [1.82, 2.24) is 10.2 Å². The number of phenols is 1. The molecule has 0 atom stereocenters. The number of fused-ring (bicyclic) bond motifs is 1. The Morgan fingerprint density at radius 3 is 2.67 bits per heavy atom. The minimum absolute atomic E-state index is 0.0220. The molecule has 0 bridgehead atoms. The predicted molar refractivity (Wildman–Crippen MR) is 115 cm³/mol. The van der Waals surface area contributed by atoms with E-state index in [0.29, 0.717) is 12.3 Å². The monoisotopic (exact) mass is 410 g/mol. The predicted octanol–water partition coefficient (Wildman–Crippen LogP) is 3.15. The quantitative estimate of drug-likeness (QED) is 0.527. The minimum atomic E-state index is -0.482. The van der Waals surface area contributed by atoms with Crippen LogP contribution in [0.4, 0.5) is 0 Å². The zero-order chi connectivity index (χ0) is 21.5. The fourth-order valence-electron chi connectivity index (χ4n) is 3.24. The molecule has 1 amide bonds. The number of hydrogen-bond acceptors (Lipinski definition) is 6. The second kappa shape index (κ2) is 9.93. The molecular weight excluding hydrogens is 384 g/mol. The molecule has 3 rings (SSSR count). The summed E-state index contributed by atoms with van der Waals surface area (Å²) in [5, 5.41) is 12.8. The van der Waals surface area contributed by atoms with Gasteiger partial charge in [-0.15, -0.1) is 0 Å². The van der Waals surface area contributed by atoms with E-state index in [2.05, 4.69) is 29.4 Å². The Balaban J connectivity index is 1.51. The highest BCUT2D eigenvalue weighted by molar-refractivity contribution is 5.94. The number of phenolic OH excluding ortho intramolecular Hbond substituents is 1. The van der Waals surface area contributed by atoms with Crippen molar-refractivity contribution >= 4 is 16.9 Å². The van der Waals surface area contributed by atoms with Crippen molar-refractivity contribution in [2.45, 2.75) is 19.4 Å². The number of methoxy groups -OCH3 is 1. The lowest BCUT2D eigenvalue weighted by atomic mass is 10.2. The number of benzene rings is 2. The Kier molecular flexibility index (Phi) is 7.08. The minimum Gasteiger partial charge on any atom is -0.507 e. The number of aromatic hydroxyl groups is 1. The maximum Gasteiger partial charge on any atom is 0.287 e. The Morgan fingerprint density at radius 1 is 1.17 bits per heavy atom. The third kappa shape index (κ3) is 5.39. The number of ether oxygens (including phenoxy) is 1. The molecule has 0 radical (unpaired) electrons. The molecule has 2 N–H and O–H groups in total. The van der Waals surface area contributed by atoms with Crippen LogP contribution in [0.1, 0.15) is 29.0 Å². The highest BCUT2D eigenvalue weighted by Crippen LogP contribution is 2.28. The van der Waals surface area contributed by atoms with Gasteiger partial charge in [-0.25, -0.2) is 0 Å². The first-order valence-electron chi connectivity index (χ1n) is 9.83. The van der Waals surface area contributed by atoms with E-state index in [1.54, 1.807) is 0 Å². The van der Waals surface area contributed by atoms with Gasteiger partial charge in [0.05, 0.1) is 7.11 Å². The van der Waals surface area contributed by atoms with Gasteiger partial charge in [0, 0.05) is 31.3 Å². The summed E-state index contributed by atoms with van der Waals surface area (Å²) in [6, 6.07) is 14.2. The molecule has 158 valence electrons. The molecule has 0 aliphatic carbocycles. The van der Waals surface area contributed by atoms with Crippen LogP contribution in [0.2, 0.25) is 0 Å². The molecule has 0 spiro atoms. The Morgan fingerprint density at radius 2 is 1.93 bits per heavy atom. The smallest absolute Gasteiger partial charge is 0.287 e. The molecule has 0 aliphatic rings. The average molecular weight is 410 g/mol. The molecule has 0 saturated carbocycles. The molecule has 1 heterocycles. The summed E-state index contributed by atoms with van der Waals surface area (Å²) >= 11 is 0. The Hall–Kier alpha value is -3.32. The van der Waals surface area contributed by atoms with Crippen LogP contribution < -0.4 is 15.5 Å². The highest BCUT2D eigenvalue weighted by atomic mass is 16.5. The van der Waals surface area contributed by atoms with Gasteiger partial charge in [0.15, 0.2) is 11.2 Å². The van der Waals surface area contributed by atoms with E-state index in [4.69, 9.17) is 9.15 Å². The van der Waals surface area contributed by atoms with E-state index >= 15 is 0 Å². The van der Waals surface area contributed by atoms with Gasteiger partial charge in [-0.3, -0.25) is 9.59 Å². The topological polar surface area (TPSA) is 92.0 Å². The molecule has 0 aliphatic heterocycles. The van der Waals surface area contributed by atoms with Crippen LogP contribution in [-0.4, -0.2) is 43.2 Å². The van der Waals surface area contributed by atoms with Crippen molar-refractivity contribution in [1.29, 1.82) is 0 Å². The number of rotatable bonds is 9. The van der Waals surface area contributed by atoms with Crippen LogP contribution in [0, 0.1) is 0 Å². The number of carbonyl (C=O) groups is 1. The van der Waals surface area contributed by atoms with Crippen LogP contribution in [0.15, 0.2) is 57.7 Å². The number of nitrogens with zero attached hydrogens (tertiary/aromatic N) is 1. The third-order valence-corrected chi connectivity index (χ3v) is 4.79. The van der Waals surface area contributed by atoms with E-state index in [9.17, 15) is 14.7 Å². The molecule has 0 saturated heterocycles. The highest BCUT2D eigenvalue weighted by Gasteiger charge is 2.15. The van der Waals surface area contributed by atoms with Crippen molar-refractivity contribution in [3.05, 3.63) is 70.1 Å². The van der Waals surface area contributed by atoms with Crippen LogP contribution in [0.3, 0.4) is 0 Å². The van der Waals surface area contributed by atoms with Crippen LogP contribution in [0.25, 0.3) is 11.0 Å². The van der Waals surface area contributed by atoms with E-state index in [1.807, 2.05) is 18.2 Å². The number of carbonyl (C=O) groups excluding carboxylic acids is 1. The van der Waals surface area contributed by atoms with Gasteiger partial charge in [0.2, 0.25) is 0 Å². The largest absolute Gasteiger partial charge is 0.507 e. The average Bonchev–Trinajstić information content (AvgIpc) is 2.73. The maximum atomic E-state index is 12.4. The normalized spacial score (nSPS) is 11.0. The molecule has 0 unspecified atom stereocenters. The Labute approximate surface area is 174 Å². The fourth-order valence-corrected chi connectivity index (χ4v) is 3.24. The van der Waals surface area contributed by atoms with Crippen molar-refractivity contribution in [3.63, 3.8) is 0 Å². The molecular formula is C23H26N2O5. The zero-order valence-corrected chi connectivity index (χ0v) is 17.2. The van der Waals surface area contributed by atoms with Gasteiger partial charge >= 0.3 is 0 Å². The summed E-state index contributed by atoms with van der Waals surface area (Å²) in [6.45, 7) is 2.27. The Bertz CT molecular complexity index is 1060. The van der Waals surface area contributed by atoms with Crippen molar-refractivity contribution in [2.75, 3.05) is 27.2 Å². The van der Waals surface area contributed by atoms with Crippen molar-refractivity contribution < 1.29 is 19.1 Å². The second-order valence-electron chi connectivity index (χ2n) is 7.18. The summed E-state index contributed by atoms with van der Waals surface area (Å²) in [4.78, 5) is 26.9. The first kappa shape index (κ1) is 21.4. The molecule has 0 fully saturated rings. The second-order valence-corrected chi connectivity index (χ2v) is 7.18. The van der Waals surface area contributed by atoms with Crippen LogP contribution in [-0.2, 0) is 6.54 Å². The fraction of sp³-hybridized carbons (Fsp3) is 0.304. The van der Waals surface area contributed by atoms with Gasteiger partial charge < -0.3 is 24.5 Å². The van der Waals surface area contributed by atoms with E-state index in [-0.39, 0.29) is 22.5 Å². The molecule has 3 aromatic rings. The zero-order valence-electron chi connectivity index (χ0n) is 17.2. The number of nitrogens with one attached hydrogen (secondary N) is 1. The molecule has 2 aromatic carbocycles. The number of hydrogen-bond donors (Lipinski definition) is 2. The van der Waals surface area contributed by atoms with Gasteiger partial charge in [0.1, 0.15) is 22.5 Å².